The molecular weight excluding hydrogens is 234 g/mol. The molecule has 0 aromatic heterocycles. The second kappa shape index (κ2) is 8.21. The Bertz CT molecular complexity index is 191. The maximum atomic E-state index is 5.73. The van der Waals surface area contributed by atoms with Gasteiger partial charge in [0.25, 0.3) is 0 Å². The van der Waals surface area contributed by atoms with Gasteiger partial charge in [0.1, 0.15) is 0 Å². The fourth-order valence-corrected chi connectivity index (χ4v) is 2.44. The molecule has 1 aliphatic rings. The van der Waals surface area contributed by atoms with Gasteiger partial charge in [0.05, 0.1) is 32.5 Å². The number of rotatable bonds is 8. The Morgan fingerprint density at radius 1 is 1.00 bits per heavy atom. The lowest BCUT2D eigenvalue weighted by Gasteiger charge is -2.23. The van der Waals surface area contributed by atoms with Gasteiger partial charge in [-0.3, -0.25) is 0 Å². The highest BCUT2D eigenvalue weighted by Gasteiger charge is 2.14. The molecule has 5 heteroatoms. The van der Waals surface area contributed by atoms with E-state index in [2.05, 4.69) is 25.0 Å². The van der Waals surface area contributed by atoms with Gasteiger partial charge in [0.2, 0.25) is 0 Å². The van der Waals surface area contributed by atoms with E-state index in [-0.39, 0.29) is 0 Å². The van der Waals surface area contributed by atoms with Crippen LogP contribution in [0.1, 0.15) is 12.8 Å². The predicted octanol–water partition coefficient (Wildman–Crippen LogP) is 1.62. The van der Waals surface area contributed by atoms with Gasteiger partial charge in [-0.25, -0.2) is 0 Å². The smallest absolute Gasteiger partial charge is 0.183 e. The van der Waals surface area contributed by atoms with Gasteiger partial charge in [-0.05, 0) is 45.6 Å². The van der Waals surface area contributed by atoms with Crippen molar-refractivity contribution in [2.45, 2.75) is 38.6 Å². The summed E-state index contributed by atoms with van der Waals surface area (Å²) in [6.45, 7) is 11.5. The van der Waals surface area contributed by atoms with Gasteiger partial charge in [0, 0.05) is 0 Å². The molecule has 1 aliphatic heterocycles. The third-order valence-corrected chi connectivity index (χ3v) is 3.70. The molecule has 17 heavy (non-hydrogen) atoms. The van der Waals surface area contributed by atoms with Crippen LogP contribution < -0.4 is 5.32 Å². The first kappa shape index (κ1) is 15.1. The van der Waals surface area contributed by atoms with Gasteiger partial charge >= 0.3 is 0 Å². The molecule has 0 aromatic rings. The van der Waals surface area contributed by atoms with Crippen LogP contribution >= 0.6 is 0 Å². The Morgan fingerprint density at radius 2 is 1.65 bits per heavy atom. The molecule has 1 heterocycles. The fourth-order valence-electron chi connectivity index (χ4n) is 1.74. The third kappa shape index (κ3) is 8.74. The molecule has 1 saturated heterocycles. The summed E-state index contributed by atoms with van der Waals surface area (Å²) in [5, 5.41) is 3.32. The molecule has 0 saturated carbocycles. The summed E-state index contributed by atoms with van der Waals surface area (Å²) in [5.74, 6) is 0. The maximum Gasteiger partial charge on any atom is 0.183 e. The second-order valence-electron chi connectivity index (χ2n) is 5.39. The van der Waals surface area contributed by atoms with Crippen LogP contribution in [0.15, 0.2) is 0 Å². The van der Waals surface area contributed by atoms with E-state index in [4.69, 9.17) is 13.9 Å². The Balaban J connectivity index is 1.84. The summed E-state index contributed by atoms with van der Waals surface area (Å²) in [5.41, 5.74) is 0. The van der Waals surface area contributed by atoms with Gasteiger partial charge < -0.3 is 19.2 Å². The van der Waals surface area contributed by atoms with Crippen molar-refractivity contribution < 1.29 is 13.9 Å². The van der Waals surface area contributed by atoms with Gasteiger partial charge in [-0.1, -0.05) is 0 Å². The SMILES string of the molecule is C[Si](C)(C)OCCOCCOC1CCNCC1. The van der Waals surface area contributed by atoms with Crippen LogP contribution in [0.4, 0.5) is 0 Å². The predicted molar refractivity (Wildman–Crippen MR) is 72.0 cm³/mol. The van der Waals surface area contributed by atoms with E-state index in [1.165, 1.54) is 0 Å². The minimum atomic E-state index is -1.37. The van der Waals surface area contributed by atoms with Crippen molar-refractivity contribution in [1.29, 1.82) is 0 Å². The highest BCUT2D eigenvalue weighted by molar-refractivity contribution is 6.69. The fraction of sp³-hybridized carbons (Fsp3) is 1.00. The summed E-state index contributed by atoms with van der Waals surface area (Å²) >= 11 is 0. The van der Waals surface area contributed by atoms with Gasteiger partial charge in [-0.2, -0.15) is 0 Å². The highest BCUT2D eigenvalue weighted by atomic mass is 28.4. The molecule has 0 amide bonds. The van der Waals surface area contributed by atoms with E-state index in [0.717, 1.165) is 25.9 Å². The average Bonchev–Trinajstić information content (AvgIpc) is 2.28. The van der Waals surface area contributed by atoms with Crippen LogP contribution in [0.25, 0.3) is 0 Å². The quantitative estimate of drug-likeness (QED) is 0.532. The van der Waals surface area contributed by atoms with Crippen molar-refractivity contribution in [2.75, 3.05) is 39.5 Å². The van der Waals surface area contributed by atoms with Crippen molar-refractivity contribution in [3.63, 3.8) is 0 Å². The standard InChI is InChI=1S/C12H27NO3Si/c1-17(2,3)16-11-9-14-8-10-15-12-4-6-13-7-5-12/h12-13H,4-11H2,1-3H3. The Kier molecular flexibility index (Phi) is 7.30. The molecule has 1 fully saturated rings. The van der Waals surface area contributed by atoms with Gasteiger partial charge in [-0.15, -0.1) is 0 Å². The minimum absolute atomic E-state index is 0.429. The van der Waals surface area contributed by atoms with Gasteiger partial charge in [0.15, 0.2) is 8.32 Å². The lowest BCUT2D eigenvalue weighted by atomic mass is 10.1. The molecule has 0 aliphatic carbocycles. The first-order chi connectivity index (χ1) is 8.08. The summed E-state index contributed by atoms with van der Waals surface area (Å²) in [7, 11) is -1.37. The molecule has 0 atom stereocenters. The van der Waals surface area contributed by atoms with Crippen molar-refractivity contribution >= 4 is 8.32 Å². The molecule has 0 aromatic carbocycles. The van der Waals surface area contributed by atoms with Crippen LogP contribution in [0, 0.1) is 0 Å². The number of hydrogen-bond donors (Lipinski definition) is 1. The number of piperidine rings is 1. The van der Waals surface area contributed by atoms with E-state index in [0.29, 0.717) is 32.5 Å². The average molecular weight is 261 g/mol. The number of ether oxygens (including phenoxy) is 2. The molecule has 0 radical (unpaired) electrons. The van der Waals surface area contributed by atoms with Crippen LogP contribution in [0.2, 0.25) is 19.6 Å². The van der Waals surface area contributed by atoms with Crippen molar-refractivity contribution in [2.24, 2.45) is 0 Å². The third-order valence-electron chi connectivity index (χ3n) is 2.63. The zero-order valence-corrected chi connectivity index (χ0v) is 12.5. The molecule has 1 N–H and O–H groups in total. The first-order valence-electron chi connectivity index (χ1n) is 6.62. The topological polar surface area (TPSA) is 39.7 Å². The molecule has 0 bridgehead atoms. The largest absolute Gasteiger partial charge is 0.415 e. The normalized spacial score (nSPS) is 18.5. The monoisotopic (exact) mass is 261 g/mol. The van der Waals surface area contributed by atoms with E-state index in [1.807, 2.05) is 0 Å². The van der Waals surface area contributed by atoms with E-state index >= 15 is 0 Å². The molecule has 0 unspecified atom stereocenters. The lowest BCUT2D eigenvalue weighted by molar-refractivity contribution is -0.0118. The maximum absolute atomic E-state index is 5.73. The zero-order chi connectivity index (χ0) is 12.6. The highest BCUT2D eigenvalue weighted by Crippen LogP contribution is 2.06. The van der Waals surface area contributed by atoms with E-state index < -0.39 is 8.32 Å². The van der Waals surface area contributed by atoms with Crippen molar-refractivity contribution in [1.82, 2.24) is 5.32 Å². The lowest BCUT2D eigenvalue weighted by Crippen LogP contribution is -2.33. The zero-order valence-electron chi connectivity index (χ0n) is 11.5. The molecule has 4 nitrogen and oxygen atoms in total. The summed E-state index contributed by atoms with van der Waals surface area (Å²) in [4.78, 5) is 0. The number of nitrogens with one attached hydrogen (secondary N) is 1. The molecule has 1 rings (SSSR count). The summed E-state index contributed by atoms with van der Waals surface area (Å²) < 4.78 is 16.9. The van der Waals surface area contributed by atoms with Crippen LogP contribution in [0.3, 0.4) is 0 Å². The molecule has 0 spiro atoms. The second-order valence-corrected chi connectivity index (χ2v) is 9.91. The summed E-state index contributed by atoms with van der Waals surface area (Å²) in [6, 6.07) is 0. The Morgan fingerprint density at radius 3 is 2.29 bits per heavy atom. The minimum Gasteiger partial charge on any atom is -0.415 e. The number of hydrogen-bond acceptors (Lipinski definition) is 4. The van der Waals surface area contributed by atoms with E-state index in [1.54, 1.807) is 0 Å². The Hall–Kier alpha value is 0.0569. The molecular formula is C12H27NO3Si. The van der Waals surface area contributed by atoms with Crippen LogP contribution in [-0.2, 0) is 13.9 Å². The van der Waals surface area contributed by atoms with Crippen molar-refractivity contribution in [3.05, 3.63) is 0 Å². The van der Waals surface area contributed by atoms with Crippen molar-refractivity contribution in [3.8, 4) is 0 Å². The van der Waals surface area contributed by atoms with Crippen LogP contribution in [0.5, 0.6) is 0 Å². The van der Waals surface area contributed by atoms with Crippen LogP contribution in [-0.4, -0.2) is 53.9 Å². The van der Waals surface area contributed by atoms with E-state index in [9.17, 15) is 0 Å². The Labute approximate surface area is 106 Å². The molecule has 102 valence electrons. The summed E-state index contributed by atoms with van der Waals surface area (Å²) in [6.07, 6.45) is 2.68. The first-order valence-corrected chi connectivity index (χ1v) is 10.0.